The van der Waals surface area contributed by atoms with Crippen LogP contribution in [0.2, 0.25) is 5.02 Å². The van der Waals surface area contributed by atoms with Crippen LogP contribution in [-0.2, 0) is 11.3 Å². The SMILES string of the molecule is CCC(C)(C)NC(=O)Cn1cnc2cc(-c3ccc(Cl)cc3)sc2c1=O. The van der Waals surface area contributed by atoms with E-state index in [0.29, 0.717) is 15.2 Å². The van der Waals surface area contributed by atoms with Crippen LogP contribution in [-0.4, -0.2) is 21.0 Å². The van der Waals surface area contributed by atoms with Crippen LogP contribution in [0.1, 0.15) is 27.2 Å². The lowest BCUT2D eigenvalue weighted by atomic mass is 10.0. The number of hydrogen-bond donors (Lipinski definition) is 1. The summed E-state index contributed by atoms with van der Waals surface area (Å²) in [5, 5.41) is 3.59. The van der Waals surface area contributed by atoms with Crippen molar-refractivity contribution in [2.45, 2.75) is 39.3 Å². The van der Waals surface area contributed by atoms with E-state index in [1.165, 1.54) is 22.2 Å². The summed E-state index contributed by atoms with van der Waals surface area (Å²) in [5.74, 6) is -0.199. The molecule has 2 aromatic heterocycles. The lowest BCUT2D eigenvalue weighted by Gasteiger charge is -2.24. The number of benzene rings is 1. The zero-order valence-corrected chi connectivity index (χ0v) is 16.4. The van der Waals surface area contributed by atoms with Gasteiger partial charge in [0.1, 0.15) is 11.2 Å². The summed E-state index contributed by atoms with van der Waals surface area (Å²) < 4.78 is 1.89. The van der Waals surface area contributed by atoms with Gasteiger partial charge in [0.25, 0.3) is 5.56 Å². The fourth-order valence-electron chi connectivity index (χ4n) is 2.47. The van der Waals surface area contributed by atoms with E-state index in [1.807, 2.05) is 51.1 Å². The van der Waals surface area contributed by atoms with Crippen LogP contribution >= 0.6 is 22.9 Å². The van der Waals surface area contributed by atoms with Crippen LogP contribution in [0.15, 0.2) is 41.5 Å². The number of amides is 1. The van der Waals surface area contributed by atoms with E-state index in [1.54, 1.807) is 0 Å². The molecule has 136 valence electrons. The Hall–Kier alpha value is -2.18. The van der Waals surface area contributed by atoms with Gasteiger partial charge in [-0.1, -0.05) is 30.7 Å². The first-order chi connectivity index (χ1) is 12.3. The van der Waals surface area contributed by atoms with Crippen molar-refractivity contribution in [3.05, 3.63) is 52.0 Å². The van der Waals surface area contributed by atoms with Crippen molar-refractivity contribution < 1.29 is 4.79 Å². The molecule has 1 amide bonds. The summed E-state index contributed by atoms with van der Waals surface area (Å²) in [6.07, 6.45) is 2.24. The summed E-state index contributed by atoms with van der Waals surface area (Å²) in [5.41, 5.74) is 1.11. The quantitative estimate of drug-likeness (QED) is 0.715. The van der Waals surface area contributed by atoms with Gasteiger partial charge >= 0.3 is 0 Å². The number of fused-ring (bicyclic) bond motifs is 1. The number of aromatic nitrogens is 2. The predicted molar refractivity (Wildman–Crippen MR) is 107 cm³/mol. The molecule has 0 aliphatic rings. The number of rotatable bonds is 5. The van der Waals surface area contributed by atoms with Crippen molar-refractivity contribution in [2.24, 2.45) is 0 Å². The van der Waals surface area contributed by atoms with Gasteiger partial charge in [-0.25, -0.2) is 4.98 Å². The van der Waals surface area contributed by atoms with Gasteiger partial charge < -0.3 is 5.32 Å². The molecule has 0 fully saturated rings. The van der Waals surface area contributed by atoms with E-state index in [4.69, 9.17) is 11.6 Å². The molecule has 3 rings (SSSR count). The second-order valence-corrected chi connectivity index (χ2v) is 8.28. The van der Waals surface area contributed by atoms with Gasteiger partial charge in [0.2, 0.25) is 5.91 Å². The van der Waals surface area contributed by atoms with Gasteiger partial charge in [-0.3, -0.25) is 14.2 Å². The molecule has 2 heterocycles. The van der Waals surface area contributed by atoms with E-state index in [9.17, 15) is 9.59 Å². The summed E-state index contributed by atoms with van der Waals surface area (Å²) in [6.45, 7) is 5.86. The average molecular weight is 390 g/mol. The number of hydrogen-bond acceptors (Lipinski definition) is 4. The topological polar surface area (TPSA) is 64.0 Å². The summed E-state index contributed by atoms with van der Waals surface area (Å²) in [4.78, 5) is 30.2. The number of thiophene rings is 1. The number of carbonyl (C=O) groups is 1. The molecule has 1 aromatic carbocycles. The molecule has 0 atom stereocenters. The van der Waals surface area contributed by atoms with Gasteiger partial charge in [0.05, 0.1) is 11.8 Å². The fourth-order valence-corrected chi connectivity index (χ4v) is 3.67. The van der Waals surface area contributed by atoms with E-state index in [0.717, 1.165) is 16.9 Å². The molecule has 0 saturated carbocycles. The van der Waals surface area contributed by atoms with E-state index < -0.39 is 0 Å². The molecule has 3 aromatic rings. The lowest BCUT2D eigenvalue weighted by molar-refractivity contribution is -0.123. The highest BCUT2D eigenvalue weighted by Gasteiger charge is 2.19. The van der Waals surface area contributed by atoms with Crippen molar-refractivity contribution >= 4 is 39.1 Å². The Labute approximate surface area is 160 Å². The van der Waals surface area contributed by atoms with Crippen molar-refractivity contribution in [3.63, 3.8) is 0 Å². The molecule has 0 unspecified atom stereocenters. The highest BCUT2D eigenvalue weighted by atomic mass is 35.5. The fraction of sp³-hybridized carbons (Fsp3) is 0.316. The molecule has 0 bridgehead atoms. The maximum absolute atomic E-state index is 12.7. The Morgan fingerprint density at radius 2 is 2.00 bits per heavy atom. The van der Waals surface area contributed by atoms with Crippen LogP contribution in [0, 0.1) is 0 Å². The Morgan fingerprint density at radius 3 is 2.65 bits per heavy atom. The van der Waals surface area contributed by atoms with Crippen LogP contribution in [0.5, 0.6) is 0 Å². The third-order valence-corrected chi connectivity index (χ3v) is 5.72. The van der Waals surface area contributed by atoms with Crippen LogP contribution < -0.4 is 10.9 Å². The first kappa shape index (κ1) is 18.6. The van der Waals surface area contributed by atoms with E-state index in [2.05, 4.69) is 10.3 Å². The van der Waals surface area contributed by atoms with Crippen molar-refractivity contribution in [1.82, 2.24) is 14.9 Å². The highest BCUT2D eigenvalue weighted by Crippen LogP contribution is 2.31. The minimum Gasteiger partial charge on any atom is -0.350 e. The molecule has 7 heteroatoms. The first-order valence-electron chi connectivity index (χ1n) is 8.35. The number of nitrogens with one attached hydrogen (secondary N) is 1. The smallest absolute Gasteiger partial charge is 0.271 e. The minimum atomic E-state index is -0.303. The number of halogens is 1. The standard InChI is InChI=1S/C19H20ClN3O2S/c1-4-19(2,3)22-16(24)10-23-11-21-14-9-15(26-17(14)18(23)25)12-5-7-13(20)8-6-12/h5-9,11H,4,10H2,1-3H3,(H,22,24). The third-order valence-electron chi connectivity index (χ3n) is 4.31. The zero-order valence-electron chi connectivity index (χ0n) is 14.9. The van der Waals surface area contributed by atoms with Crippen molar-refractivity contribution in [1.29, 1.82) is 0 Å². The van der Waals surface area contributed by atoms with Gasteiger partial charge in [0, 0.05) is 15.4 Å². The molecule has 0 spiro atoms. The average Bonchev–Trinajstić information content (AvgIpc) is 3.03. The lowest BCUT2D eigenvalue weighted by Crippen LogP contribution is -2.45. The summed E-state index contributed by atoms with van der Waals surface area (Å²) >= 11 is 7.30. The second kappa shape index (κ2) is 7.21. The van der Waals surface area contributed by atoms with Gasteiger partial charge in [0.15, 0.2) is 0 Å². The Morgan fingerprint density at radius 1 is 1.31 bits per heavy atom. The van der Waals surface area contributed by atoms with Crippen LogP contribution in [0.25, 0.3) is 20.7 Å². The van der Waals surface area contributed by atoms with Gasteiger partial charge in [-0.05, 0) is 44.0 Å². The first-order valence-corrected chi connectivity index (χ1v) is 9.54. The van der Waals surface area contributed by atoms with Crippen LogP contribution in [0.4, 0.5) is 0 Å². The molecule has 0 aliphatic carbocycles. The van der Waals surface area contributed by atoms with Gasteiger partial charge in [-0.2, -0.15) is 0 Å². The molecule has 0 saturated heterocycles. The predicted octanol–water partition coefficient (Wildman–Crippen LogP) is 4.08. The Balaban J connectivity index is 1.90. The maximum Gasteiger partial charge on any atom is 0.271 e. The monoisotopic (exact) mass is 389 g/mol. The molecule has 5 nitrogen and oxygen atoms in total. The highest BCUT2D eigenvalue weighted by molar-refractivity contribution is 7.22. The van der Waals surface area contributed by atoms with Crippen molar-refractivity contribution in [3.8, 4) is 10.4 Å². The molecule has 0 radical (unpaired) electrons. The molecule has 1 N–H and O–H groups in total. The zero-order chi connectivity index (χ0) is 18.9. The molecule has 0 aliphatic heterocycles. The Bertz CT molecular complexity index is 1010. The molecular weight excluding hydrogens is 370 g/mol. The molecular formula is C19H20ClN3O2S. The normalized spacial score (nSPS) is 11.7. The third kappa shape index (κ3) is 3.97. The molecule has 26 heavy (non-hydrogen) atoms. The number of nitrogens with zero attached hydrogens (tertiary/aromatic N) is 2. The minimum absolute atomic E-state index is 0.0423. The number of carbonyl (C=O) groups excluding carboxylic acids is 1. The second-order valence-electron chi connectivity index (χ2n) is 6.80. The van der Waals surface area contributed by atoms with E-state index in [-0.39, 0.29) is 23.6 Å². The maximum atomic E-state index is 12.7. The van der Waals surface area contributed by atoms with Crippen molar-refractivity contribution in [2.75, 3.05) is 0 Å². The Kier molecular flexibility index (Phi) is 5.16. The summed E-state index contributed by atoms with van der Waals surface area (Å²) in [7, 11) is 0. The van der Waals surface area contributed by atoms with Crippen LogP contribution in [0.3, 0.4) is 0 Å². The summed E-state index contributed by atoms with van der Waals surface area (Å²) in [6, 6.07) is 9.33. The van der Waals surface area contributed by atoms with E-state index >= 15 is 0 Å². The largest absolute Gasteiger partial charge is 0.350 e. The van der Waals surface area contributed by atoms with Gasteiger partial charge in [-0.15, -0.1) is 11.3 Å².